The number of methoxy groups -OCH3 is 1. The molecule has 1 amide bonds. The number of tetrazole rings is 1. The molecule has 8 heteroatoms. The fourth-order valence-corrected chi connectivity index (χ4v) is 3.13. The maximum atomic E-state index is 12.0. The molecule has 1 aromatic heterocycles. The standard InChI is InChI=1S/C16H21N5O2S/c1-11(13-5-6-13)17-15(22)10-24-16-18-19-20-21(16)9-12-3-7-14(23-2)8-4-12/h3-4,7-8,11,13H,5-6,9-10H2,1-2H3,(H,17,22). The summed E-state index contributed by atoms with van der Waals surface area (Å²) < 4.78 is 6.85. The number of carbonyl (C=O) groups excluding carboxylic acids is 1. The second-order valence-corrected chi connectivity index (χ2v) is 6.89. The fourth-order valence-electron chi connectivity index (χ4n) is 2.44. The highest BCUT2D eigenvalue weighted by Crippen LogP contribution is 2.32. The van der Waals surface area contributed by atoms with E-state index in [0.29, 0.717) is 23.4 Å². The number of hydrogen-bond acceptors (Lipinski definition) is 6. The first-order valence-electron chi connectivity index (χ1n) is 7.97. The van der Waals surface area contributed by atoms with Crippen molar-refractivity contribution in [2.45, 2.75) is 37.5 Å². The molecule has 7 nitrogen and oxygen atoms in total. The maximum Gasteiger partial charge on any atom is 0.230 e. The Morgan fingerprint density at radius 3 is 2.83 bits per heavy atom. The molecule has 1 N–H and O–H groups in total. The number of nitrogens with zero attached hydrogens (tertiary/aromatic N) is 4. The predicted octanol–water partition coefficient (Wildman–Crippen LogP) is 1.74. The minimum absolute atomic E-state index is 0.0263. The summed E-state index contributed by atoms with van der Waals surface area (Å²) in [6, 6.07) is 8.00. The van der Waals surface area contributed by atoms with Crippen LogP contribution in [0.15, 0.2) is 29.4 Å². The second kappa shape index (κ2) is 7.65. The molecule has 0 saturated heterocycles. The van der Waals surface area contributed by atoms with Gasteiger partial charge < -0.3 is 10.1 Å². The second-order valence-electron chi connectivity index (χ2n) is 5.95. The van der Waals surface area contributed by atoms with Gasteiger partial charge in [-0.1, -0.05) is 23.9 Å². The molecule has 0 spiro atoms. The van der Waals surface area contributed by atoms with Crippen molar-refractivity contribution in [3.63, 3.8) is 0 Å². The van der Waals surface area contributed by atoms with Gasteiger partial charge in [-0.2, -0.15) is 0 Å². The first kappa shape index (κ1) is 16.8. The van der Waals surface area contributed by atoms with E-state index in [1.165, 1.54) is 24.6 Å². The molecule has 24 heavy (non-hydrogen) atoms. The highest BCUT2D eigenvalue weighted by molar-refractivity contribution is 7.99. The summed E-state index contributed by atoms with van der Waals surface area (Å²) in [5, 5.41) is 15.4. The largest absolute Gasteiger partial charge is 0.497 e. The van der Waals surface area contributed by atoms with Gasteiger partial charge in [0.2, 0.25) is 11.1 Å². The topological polar surface area (TPSA) is 81.9 Å². The van der Waals surface area contributed by atoms with Crippen molar-refractivity contribution >= 4 is 17.7 Å². The molecule has 1 aromatic carbocycles. The Kier molecular flexibility index (Phi) is 5.34. The predicted molar refractivity (Wildman–Crippen MR) is 91.0 cm³/mol. The van der Waals surface area contributed by atoms with Crippen LogP contribution in [0, 0.1) is 5.92 Å². The van der Waals surface area contributed by atoms with Crippen molar-refractivity contribution in [3.8, 4) is 5.75 Å². The van der Waals surface area contributed by atoms with Crippen LogP contribution in [0.2, 0.25) is 0 Å². The van der Waals surface area contributed by atoms with Gasteiger partial charge in [0.15, 0.2) is 0 Å². The van der Waals surface area contributed by atoms with Crippen molar-refractivity contribution in [1.29, 1.82) is 0 Å². The van der Waals surface area contributed by atoms with Gasteiger partial charge in [-0.15, -0.1) is 5.10 Å². The molecule has 1 saturated carbocycles. The quantitative estimate of drug-likeness (QED) is 0.733. The molecular weight excluding hydrogens is 326 g/mol. The third-order valence-corrected chi connectivity index (χ3v) is 5.00. The van der Waals surface area contributed by atoms with Crippen molar-refractivity contribution in [2.24, 2.45) is 5.92 Å². The van der Waals surface area contributed by atoms with Crippen molar-refractivity contribution in [1.82, 2.24) is 25.5 Å². The zero-order chi connectivity index (χ0) is 16.9. The van der Waals surface area contributed by atoms with Gasteiger partial charge in [0.1, 0.15) is 5.75 Å². The zero-order valence-electron chi connectivity index (χ0n) is 13.8. The van der Waals surface area contributed by atoms with Crippen LogP contribution in [0.3, 0.4) is 0 Å². The molecule has 3 rings (SSSR count). The van der Waals surface area contributed by atoms with Gasteiger partial charge >= 0.3 is 0 Å². The number of benzene rings is 1. The van der Waals surface area contributed by atoms with Crippen LogP contribution in [-0.2, 0) is 11.3 Å². The summed E-state index contributed by atoms with van der Waals surface area (Å²) in [5.41, 5.74) is 1.07. The van der Waals surface area contributed by atoms with Gasteiger partial charge in [-0.05, 0) is 53.8 Å². The zero-order valence-corrected chi connectivity index (χ0v) is 14.6. The monoisotopic (exact) mass is 347 g/mol. The van der Waals surface area contributed by atoms with Crippen LogP contribution in [0.1, 0.15) is 25.3 Å². The van der Waals surface area contributed by atoms with Crippen LogP contribution in [0.4, 0.5) is 0 Å². The van der Waals surface area contributed by atoms with E-state index in [0.717, 1.165) is 11.3 Å². The Bertz CT molecular complexity index is 684. The summed E-state index contributed by atoms with van der Waals surface area (Å²) in [6.45, 7) is 2.62. The van der Waals surface area contributed by atoms with Crippen molar-refractivity contribution < 1.29 is 9.53 Å². The lowest BCUT2D eigenvalue weighted by atomic mass is 10.2. The van der Waals surface area contributed by atoms with Crippen molar-refractivity contribution in [3.05, 3.63) is 29.8 Å². The smallest absolute Gasteiger partial charge is 0.230 e. The average molecular weight is 347 g/mol. The van der Waals surface area contributed by atoms with Gasteiger partial charge in [0.25, 0.3) is 0 Å². The first-order chi connectivity index (χ1) is 11.7. The van der Waals surface area contributed by atoms with E-state index < -0.39 is 0 Å². The first-order valence-corrected chi connectivity index (χ1v) is 8.95. The summed E-state index contributed by atoms with van der Waals surface area (Å²) >= 11 is 1.35. The SMILES string of the molecule is COc1ccc(Cn2nnnc2SCC(=O)NC(C)C2CC2)cc1. The molecule has 0 bridgehead atoms. The summed E-state index contributed by atoms with van der Waals surface area (Å²) in [6.07, 6.45) is 2.43. The van der Waals surface area contributed by atoms with E-state index in [-0.39, 0.29) is 11.9 Å². The van der Waals surface area contributed by atoms with Crippen LogP contribution in [-0.4, -0.2) is 45.0 Å². The lowest BCUT2D eigenvalue weighted by molar-refractivity contribution is -0.119. The van der Waals surface area contributed by atoms with Gasteiger partial charge in [-0.25, -0.2) is 4.68 Å². The Labute approximate surface area is 145 Å². The minimum Gasteiger partial charge on any atom is -0.497 e. The molecular formula is C16H21N5O2S. The highest BCUT2D eigenvalue weighted by Gasteiger charge is 2.28. The minimum atomic E-state index is 0.0263. The number of ether oxygens (including phenoxy) is 1. The van der Waals surface area contributed by atoms with Crippen LogP contribution in [0.5, 0.6) is 5.75 Å². The van der Waals surface area contributed by atoms with Crippen molar-refractivity contribution in [2.75, 3.05) is 12.9 Å². The Morgan fingerprint density at radius 1 is 1.42 bits per heavy atom. The van der Waals surface area contributed by atoms with E-state index in [1.807, 2.05) is 24.3 Å². The van der Waals surface area contributed by atoms with E-state index in [9.17, 15) is 4.79 Å². The summed E-state index contributed by atoms with van der Waals surface area (Å²) in [5.74, 6) is 1.81. The average Bonchev–Trinajstić information content (AvgIpc) is 3.35. The van der Waals surface area contributed by atoms with Gasteiger partial charge in [0, 0.05) is 6.04 Å². The molecule has 1 heterocycles. The molecule has 1 unspecified atom stereocenters. The number of hydrogen-bond donors (Lipinski definition) is 1. The summed E-state index contributed by atoms with van der Waals surface area (Å²) in [4.78, 5) is 12.0. The highest BCUT2D eigenvalue weighted by atomic mass is 32.2. The van der Waals surface area contributed by atoms with E-state index >= 15 is 0 Å². The van der Waals surface area contributed by atoms with Crippen LogP contribution in [0.25, 0.3) is 0 Å². The van der Waals surface area contributed by atoms with Crippen LogP contribution < -0.4 is 10.1 Å². The molecule has 0 aliphatic heterocycles. The third-order valence-electron chi connectivity index (χ3n) is 4.04. The Balaban J connectivity index is 1.53. The Hall–Kier alpha value is -2.09. The molecule has 1 atom stereocenters. The fraction of sp³-hybridized carbons (Fsp3) is 0.500. The molecule has 1 aliphatic rings. The molecule has 0 radical (unpaired) electrons. The van der Waals surface area contributed by atoms with Gasteiger partial charge in [-0.3, -0.25) is 4.79 Å². The van der Waals surface area contributed by atoms with Crippen LogP contribution >= 0.6 is 11.8 Å². The number of nitrogens with one attached hydrogen (secondary N) is 1. The van der Waals surface area contributed by atoms with E-state index in [2.05, 4.69) is 27.8 Å². The number of carbonyl (C=O) groups is 1. The number of amides is 1. The molecule has 2 aromatic rings. The number of thioether (sulfide) groups is 1. The normalized spacial score (nSPS) is 15.1. The van der Waals surface area contributed by atoms with E-state index in [1.54, 1.807) is 11.8 Å². The number of aromatic nitrogens is 4. The van der Waals surface area contributed by atoms with Gasteiger partial charge in [0.05, 0.1) is 19.4 Å². The maximum absolute atomic E-state index is 12.0. The summed E-state index contributed by atoms with van der Waals surface area (Å²) in [7, 11) is 1.64. The molecule has 128 valence electrons. The van der Waals surface area contributed by atoms with E-state index in [4.69, 9.17) is 4.74 Å². The number of rotatable bonds is 8. The Morgan fingerprint density at radius 2 is 2.17 bits per heavy atom. The molecule has 1 aliphatic carbocycles. The lowest BCUT2D eigenvalue weighted by Crippen LogP contribution is -2.35. The molecule has 1 fully saturated rings. The third kappa shape index (κ3) is 4.47. The lowest BCUT2D eigenvalue weighted by Gasteiger charge is -2.12.